The second-order valence-corrected chi connectivity index (χ2v) is 9.52. The van der Waals surface area contributed by atoms with Crippen molar-refractivity contribution >= 4 is 33.5 Å². The Morgan fingerprint density at radius 1 is 1.13 bits per heavy atom. The lowest BCUT2D eigenvalue weighted by atomic mass is 10.1. The van der Waals surface area contributed by atoms with E-state index in [4.69, 9.17) is 16.7 Å². The number of benzene rings is 2. The van der Waals surface area contributed by atoms with Gasteiger partial charge >= 0.3 is 5.97 Å². The maximum Gasteiger partial charge on any atom is 0.307 e. The maximum atomic E-state index is 13.5. The summed E-state index contributed by atoms with van der Waals surface area (Å²) in [5, 5.41) is 12.2. The van der Waals surface area contributed by atoms with Gasteiger partial charge in [-0.2, -0.15) is 4.31 Å². The molecular weight excluding hydrogens is 428 g/mol. The average molecular weight is 451 g/mol. The van der Waals surface area contributed by atoms with Crippen molar-refractivity contribution in [2.75, 3.05) is 6.54 Å². The second kappa shape index (κ2) is 9.59. The van der Waals surface area contributed by atoms with Gasteiger partial charge in [-0.1, -0.05) is 35.9 Å². The Kier molecular flexibility index (Phi) is 7.12. The topological polar surface area (TPSA) is 104 Å². The van der Waals surface area contributed by atoms with Crippen LogP contribution in [-0.4, -0.2) is 42.3 Å². The van der Waals surface area contributed by atoms with E-state index in [1.165, 1.54) is 28.6 Å². The standard InChI is InChI=1S/C21H23ClN2O5S/c22-17-7-9-18(10-8-17)30(28,29)24(19-6-1-2-11-23-21(19)27)14-16-5-3-4-15(12-16)13-20(25)26/h3-5,7-10,12,19H,1-2,6,11,13-14H2,(H,23,27)(H,25,26)/t19-/m1/s1. The van der Waals surface area contributed by atoms with Gasteiger partial charge in [-0.15, -0.1) is 0 Å². The highest BCUT2D eigenvalue weighted by molar-refractivity contribution is 7.89. The van der Waals surface area contributed by atoms with Crippen LogP contribution in [0, 0.1) is 0 Å². The predicted molar refractivity (Wildman–Crippen MR) is 113 cm³/mol. The maximum absolute atomic E-state index is 13.5. The Hall–Kier alpha value is -2.42. The molecule has 0 aliphatic carbocycles. The number of carboxylic acids is 1. The number of carbonyl (C=O) groups excluding carboxylic acids is 1. The Morgan fingerprint density at radius 2 is 1.83 bits per heavy atom. The monoisotopic (exact) mass is 450 g/mol. The number of amides is 1. The molecule has 2 aromatic carbocycles. The number of sulfonamides is 1. The lowest BCUT2D eigenvalue weighted by molar-refractivity contribution is -0.136. The molecule has 0 aromatic heterocycles. The second-order valence-electron chi connectivity index (χ2n) is 7.20. The van der Waals surface area contributed by atoms with Crippen LogP contribution >= 0.6 is 11.6 Å². The summed E-state index contributed by atoms with van der Waals surface area (Å²) in [6, 6.07) is 11.7. The van der Waals surface area contributed by atoms with Gasteiger partial charge in [0.15, 0.2) is 0 Å². The van der Waals surface area contributed by atoms with E-state index in [1.807, 2.05) is 0 Å². The van der Waals surface area contributed by atoms with Crippen LogP contribution in [0.3, 0.4) is 0 Å². The van der Waals surface area contributed by atoms with Gasteiger partial charge < -0.3 is 10.4 Å². The van der Waals surface area contributed by atoms with E-state index in [2.05, 4.69) is 5.32 Å². The van der Waals surface area contributed by atoms with Gasteiger partial charge in [-0.25, -0.2) is 8.42 Å². The third-order valence-corrected chi connectivity index (χ3v) is 7.08. The summed E-state index contributed by atoms with van der Waals surface area (Å²) in [4.78, 5) is 23.8. The van der Waals surface area contributed by atoms with Gasteiger partial charge in [-0.3, -0.25) is 9.59 Å². The quantitative estimate of drug-likeness (QED) is 0.675. The molecule has 30 heavy (non-hydrogen) atoms. The third kappa shape index (κ3) is 5.38. The van der Waals surface area contributed by atoms with Gasteiger partial charge in [0.2, 0.25) is 15.9 Å². The summed E-state index contributed by atoms with van der Waals surface area (Å²) in [6.45, 7) is 0.467. The fourth-order valence-corrected chi connectivity index (χ4v) is 5.23. The highest BCUT2D eigenvalue weighted by Gasteiger charge is 2.36. The first-order valence-corrected chi connectivity index (χ1v) is 11.4. The molecule has 2 aromatic rings. The van der Waals surface area contributed by atoms with Crippen LogP contribution in [0.2, 0.25) is 5.02 Å². The van der Waals surface area contributed by atoms with Crippen molar-refractivity contribution in [1.82, 2.24) is 9.62 Å². The fourth-order valence-electron chi connectivity index (χ4n) is 3.50. The zero-order valence-electron chi connectivity index (χ0n) is 16.3. The fraction of sp³-hybridized carbons (Fsp3) is 0.333. The molecule has 0 radical (unpaired) electrons. The van der Waals surface area contributed by atoms with Gasteiger partial charge in [0.25, 0.3) is 0 Å². The summed E-state index contributed by atoms with van der Waals surface area (Å²) >= 11 is 5.90. The first-order valence-electron chi connectivity index (χ1n) is 9.62. The number of hydrogen-bond acceptors (Lipinski definition) is 4. The van der Waals surface area contributed by atoms with Crippen molar-refractivity contribution in [2.24, 2.45) is 0 Å². The number of carboxylic acid groups (broad SMARTS) is 1. The number of nitrogens with one attached hydrogen (secondary N) is 1. The molecule has 3 rings (SSSR count). The van der Waals surface area contributed by atoms with Gasteiger partial charge in [0.1, 0.15) is 6.04 Å². The molecule has 0 bridgehead atoms. The Bertz CT molecular complexity index is 1020. The van der Waals surface area contributed by atoms with E-state index in [0.29, 0.717) is 29.1 Å². The third-order valence-electron chi connectivity index (χ3n) is 4.96. The Balaban J connectivity index is 2.00. The lowest BCUT2D eigenvalue weighted by Crippen LogP contribution is -2.48. The summed E-state index contributed by atoms with van der Waals surface area (Å²) in [7, 11) is -4.00. The van der Waals surface area contributed by atoms with Crippen LogP contribution < -0.4 is 5.32 Å². The van der Waals surface area contributed by atoms with Crippen molar-refractivity contribution in [3.05, 3.63) is 64.7 Å². The van der Waals surface area contributed by atoms with Crippen LogP contribution in [0.15, 0.2) is 53.4 Å². The van der Waals surface area contributed by atoms with Crippen molar-refractivity contribution in [2.45, 2.75) is 43.2 Å². The van der Waals surface area contributed by atoms with E-state index in [1.54, 1.807) is 24.3 Å². The van der Waals surface area contributed by atoms with E-state index in [9.17, 15) is 18.0 Å². The molecule has 0 saturated carbocycles. The summed E-state index contributed by atoms with van der Waals surface area (Å²) < 4.78 is 28.2. The van der Waals surface area contributed by atoms with Crippen molar-refractivity contribution in [1.29, 1.82) is 0 Å². The minimum atomic E-state index is -4.00. The first kappa shape index (κ1) is 22.3. The molecule has 1 fully saturated rings. The molecule has 1 amide bonds. The number of aliphatic carboxylic acids is 1. The lowest BCUT2D eigenvalue weighted by Gasteiger charge is -2.29. The van der Waals surface area contributed by atoms with Crippen molar-refractivity contribution in [3.8, 4) is 0 Å². The highest BCUT2D eigenvalue weighted by atomic mass is 35.5. The normalized spacial score (nSPS) is 17.4. The van der Waals surface area contributed by atoms with Crippen LogP contribution in [0.5, 0.6) is 0 Å². The van der Waals surface area contributed by atoms with E-state index in [0.717, 1.165) is 12.8 Å². The number of hydrogen-bond donors (Lipinski definition) is 2. The molecular formula is C21H23ClN2O5S. The van der Waals surface area contributed by atoms with E-state index in [-0.39, 0.29) is 23.8 Å². The molecule has 1 aliphatic rings. The van der Waals surface area contributed by atoms with Crippen molar-refractivity contribution < 1.29 is 23.1 Å². The van der Waals surface area contributed by atoms with Crippen LogP contribution in [0.25, 0.3) is 0 Å². The summed E-state index contributed by atoms with van der Waals surface area (Å²) in [5.41, 5.74) is 1.18. The Morgan fingerprint density at radius 3 is 2.53 bits per heavy atom. The zero-order valence-corrected chi connectivity index (χ0v) is 17.8. The van der Waals surface area contributed by atoms with Gasteiger partial charge in [-0.05, 0) is 54.7 Å². The van der Waals surface area contributed by atoms with Gasteiger partial charge in [0, 0.05) is 18.1 Å². The SMILES string of the molecule is O=C(O)Cc1cccc(CN([C@@H]2CCCCNC2=O)S(=O)(=O)c2ccc(Cl)cc2)c1. The number of carbonyl (C=O) groups is 2. The molecule has 1 aliphatic heterocycles. The molecule has 1 saturated heterocycles. The minimum absolute atomic E-state index is 0.0451. The average Bonchev–Trinajstić information content (AvgIpc) is 2.90. The predicted octanol–water partition coefficient (Wildman–Crippen LogP) is 2.83. The number of halogens is 1. The molecule has 2 N–H and O–H groups in total. The molecule has 9 heteroatoms. The van der Waals surface area contributed by atoms with Crippen LogP contribution in [0.4, 0.5) is 0 Å². The first-order chi connectivity index (χ1) is 14.3. The highest BCUT2D eigenvalue weighted by Crippen LogP contribution is 2.26. The minimum Gasteiger partial charge on any atom is -0.481 e. The summed E-state index contributed by atoms with van der Waals surface area (Å²) in [5.74, 6) is -1.30. The van der Waals surface area contributed by atoms with Crippen molar-refractivity contribution in [3.63, 3.8) is 0 Å². The van der Waals surface area contributed by atoms with Crippen LogP contribution in [0.1, 0.15) is 30.4 Å². The zero-order chi connectivity index (χ0) is 21.7. The smallest absolute Gasteiger partial charge is 0.307 e. The number of rotatable bonds is 7. The molecule has 1 heterocycles. The van der Waals surface area contributed by atoms with E-state index >= 15 is 0 Å². The van der Waals surface area contributed by atoms with Crippen LogP contribution in [-0.2, 0) is 32.6 Å². The van der Waals surface area contributed by atoms with Gasteiger partial charge in [0.05, 0.1) is 11.3 Å². The summed E-state index contributed by atoms with van der Waals surface area (Å²) in [6.07, 6.45) is 1.75. The molecule has 0 unspecified atom stereocenters. The molecule has 160 valence electrons. The molecule has 0 spiro atoms. The largest absolute Gasteiger partial charge is 0.481 e. The Labute approximate surface area is 180 Å². The molecule has 7 nitrogen and oxygen atoms in total. The molecule has 1 atom stereocenters. The number of nitrogens with zero attached hydrogens (tertiary/aromatic N) is 1. The van der Waals surface area contributed by atoms with E-state index < -0.39 is 22.0 Å².